The minimum Gasteiger partial charge on any atom is -0.314 e. The molecule has 1 heterocycles. The summed E-state index contributed by atoms with van der Waals surface area (Å²) >= 11 is 0. The molecule has 1 fully saturated rings. The number of nitrogens with zero attached hydrogens (tertiary/aromatic N) is 1. The Labute approximate surface area is 90.1 Å². The standard InChI is InChI=1S/C12H18N2O/c1-12(2)9-10(12)13-6-8-14-7-4-3-5-11(14)15/h3-5,7,10,13H,6,8-9H2,1-2H3. The van der Waals surface area contributed by atoms with Crippen LogP contribution in [-0.4, -0.2) is 17.2 Å². The van der Waals surface area contributed by atoms with Crippen molar-refractivity contribution in [2.75, 3.05) is 6.54 Å². The van der Waals surface area contributed by atoms with Crippen molar-refractivity contribution in [2.24, 2.45) is 5.41 Å². The van der Waals surface area contributed by atoms with E-state index in [9.17, 15) is 4.79 Å². The predicted octanol–water partition coefficient (Wildman–Crippen LogP) is 1.24. The maximum Gasteiger partial charge on any atom is 0.250 e. The number of rotatable bonds is 4. The molecule has 0 aromatic carbocycles. The normalized spacial score (nSPS) is 22.7. The van der Waals surface area contributed by atoms with Crippen molar-refractivity contribution >= 4 is 0 Å². The summed E-state index contributed by atoms with van der Waals surface area (Å²) in [6.45, 7) is 6.16. The summed E-state index contributed by atoms with van der Waals surface area (Å²) in [4.78, 5) is 11.4. The van der Waals surface area contributed by atoms with Gasteiger partial charge in [0.15, 0.2) is 0 Å². The fraction of sp³-hybridized carbons (Fsp3) is 0.583. The summed E-state index contributed by atoms with van der Waals surface area (Å²) < 4.78 is 1.74. The molecule has 1 aromatic heterocycles. The zero-order valence-electron chi connectivity index (χ0n) is 9.36. The quantitative estimate of drug-likeness (QED) is 0.804. The Bertz CT molecular complexity index is 395. The van der Waals surface area contributed by atoms with Gasteiger partial charge in [0.2, 0.25) is 0 Å². The van der Waals surface area contributed by atoms with Gasteiger partial charge in [-0.15, -0.1) is 0 Å². The van der Waals surface area contributed by atoms with E-state index in [4.69, 9.17) is 0 Å². The van der Waals surface area contributed by atoms with E-state index in [1.165, 1.54) is 6.42 Å². The molecule has 1 unspecified atom stereocenters. The second-order valence-corrected chi connectivity index (χ2v) is 4.93. The van der Waals surface area contributed by atoms with Crippen molar-refractivity contribution in [1.82, 2.24) is 9.88 Å². The zero-order valence-corrected chi connectivity index (χ0v) is 9.36. The lowest BCUT2D eigenvalue weighted by Crippen LogP contribution is -2.28. The largest absolute Gasteiger partial charge is 0.314 e. The number of nitrogens with one attached hydrogen (secondary N) is 1. The van der Waals surface area contributed by atoms with Gasteiger partial charge in [-0.25, -0.2) is 0 Å². The first-order valence-corrected chi connectivity index (χ1v) is 5.48. The fourth-order valence-electron chi connectivity index (χ4n) is 1.82. The van der Waals surface area contributed by atoms with Crippen LogP contribution in [0.5, 0.6) is 0 Å². The second-order valence-electron chi connectivity index (χ2n) is 4.93. The van der Waals surface area contributed by atoms with E-state index in [1.54, 1.807) is 16.7 Å². The highest BCUT2D eigenvalue weighted by molar-refractivity contribution is 5.01. The molecule has 1 N–H and O–H groups in total. The molecule has 3 heteroatoms. The molecule has 1 saturated carbocycles. The molecule has 2 rings (SSSR count). The first kappa shape index (κ1) is 10.4. The van der Waals surface area contributed by atoms with E-state index in [0.717, 1.165) is 13.1 Å². The van der Waals surface area contributed by atoms with Crippen LogP contribution in [-0.2, 0) is 6.54 Å². The minimum absolute atomic E-state index is 0.0781. The summed E-state index contributed by atoms with van der Waals surface area (Å²) in [5.41, 5.74) is 0.538. The molecule has 0 radical (unpaired) electrons. The fourth-order valence-corrected chi connectivity index (χ4v) is 1.82. The highest BCUT2D eigenvalue weighted by atomic mass is 16.1. The summed E-state index contributed by atoms with van der Waals surface area (Å²) in [5, 5.41) is 3.46. The molecule has 1 aliphatic rings. The van der Waals surface area contributed by atoms with Crippen LogP contribution in [0, 0.1) is 5.41 Å². The van der Waals surface area contributed by atoms with Crippen LogP contribution in [0.4, 0.5) is 0 Å². The molecule has 0 bridgehead atoms. The van der Waals surface area contributed by atoms with Crippen LogP contribution in [0.3, 0.4) is 0 Å². The van der Waals surface area contributed by atoms with Gasteiger partial charge in [0, 0.05) is 31.4 Å². The third-order valence-electron chi connectivity index (χ3n) is 3.16. The molecule has 0 spiro atoms. The van der Waals surface area contributed by atoms with Crippen molar-refractivity contribution < 1.29 is 0 Å². The Morgan fingerprint density at radius 3 is 2.87 bits per heavy atom. The predicted molar refractivity (Wildman–Crippen MR) is 60.9 cm³/mol. The molecule has 3 nitrogen and oxygen atoms in total. The summed E-state index contributed by atoms with van der Waals surface area (Å²) in [6.07, 6.45) is 3.08. The second kappa shape index (κ2) is 3.81. The summed E-state index contributed by atoms with van der Waals surface area (Å²) in [7, 11) is 0. The Kier molecular flexibility index (Phi) is 2.65. The molecule has 1 aliphatic carbocycles. The maximum absolute atomic E-state index is 11.4. The van der Waals surface area contributed by atoms with Crippen LogP contribution in [0.2, 0.25) is 0 Å². The van der Waals surface area contributed by atoms with Gasteiger partial charge in [-0.05, 0) is 17.9 Å². The van der Waals surface area contributed by atoms with Crippen molar-refractivity contribution in [3.8, 4) is 0 Å². The van der Waals surface area contributed by atoms with Gasteiger partial charge in [-0.2, -0.15) is 0 Å². The Morgan fingerprint density at radius 2 is 2.27 bits per heavy atom. The van der Waals surface area contributed by atoms with Crippen LogP contribution < -0.4 is 10.9 Å². The van der Waals surface area contributed by atoms with Gasteiger partial charge in [-0.3, -0.25) is 4.79 Å². The summed E-state index contributed by atoms with van der Waals surface area (Å²) in [6, 6.07) is 5.90. The van der Waals surface area contributed by atoms with Crippen molar-refractivity contribution in [2.45, 2.75) is 32.9 Å². The molecule has 0 amide bonds. The van der Waals surface area contributed by atoms with Crippen LogP contribution in [0.1, 0.15) is 20.3 Å². The molecule has 0 saturated heterocycles. The Balaban J connectivity index is 1.80. The van der Waals surface area contributed by atoms with Crippen LogP contribution in [0.25, 0.3) is 0 Å². The van der Waals surface area contributed by atoms with Crippen LogP contribution >= 0.6 is 0 Å². The SMILES string of the molecule is CC1(C)CC1NCCn1ccccc1=O. The highest BCUT2D eigenvalue weighted by Gasteiger charge is 2.44. The average Bonchev–Trinajstić information content (AvgIpc) is 2.78. The molecule has 0 aliphatic heterocycles. The number of hydrogen-bond donors (Lipinski definition) is 1. The molecular formula is C12H18N2O. The maximum atomic E-state index is 11.4. The smallest absolute Gasteiger partial charge is 0.250 e. The third kappa shape index (κ3) is 2.48. The molecule has 15 heavy (non-hydrogen) atoms. The topological polar surface area (TPSA) is 34.0 Å². The monoisotopic (exact) mass is 206 g/mol. The summed E-state index contributed by atoms with van der Waals surface area (Å²) in [5.74, 6) is 0. The first-order valence-electron chi connectivity index (χ1n) is 5.48. The van der Waals surface area contributed by atoms with Crippen molar-refractivity contribution in [1.29, 1.82) is 0 Å². The van der Waals surface area contributed by atoms with Gasteiger partial charge in [0.05, 0.1) is 0 Å². The van der Waals surface area contributed by atoms with Gasteiger partial charge in [-0.1, -0.05) is 19.9 Å². The lowest BCUT2D eigenvalue weighted by Gasteiger charge is -2.08. The van der Waals surface area contributed by atoms with Crippen LogP contribution in [0.15, 0.2) is 29.2 Å². The minimum atomic E-state index is 0.0781. The van der Waals surface area contributed by atoms with E-state index in [2.05, 4.69) is 19.2 Å². The Hall–Kier alpha value is -1.09. The van der Waals surface area contributed by atoms with Gasteiger partial charge < -0.3 is 9.88 Å². The Morgan fingerprint density at radius 1 is 1.53 bits per heavy atom. The van der Waals surface area contributed by atoms with Gasteiger partial charge in [0.25, 0.3) is 5.56 Å². The highest BCUT2D eigenvalue weighted by Crippen LogP contribution is 2.44. The first-order chi connectivity index (χ1) is 7.09. The lowest BCUT2D eigenvalue weighted by molar-refractivity contribution is 0.515. The molecule has 1 atom stereocenters. The van der Waals surface area contributed by atoms with E-state index in [-0.39, 0.29) is 5.56 Å². The van der Waals surface area contributed by atoms with Crippen molar-refractivity contribution in [3.05, 3.63) is 34.7 Å². The average molecular weight is 206 g/mol. The van der Waals surface area contributed by atoms with E-state index in [1.807, 2.05) is 12.3 Å². The van der Waals surface area contributed by atoms with Crippen molar-refractivity contribution in [3.63, 3.8) is 0 Å². The van der Waals surface area contributed by atoms with E-state index < -0.39 is 0 Å². The van der Waals surface area contributed by atoms with Gasteiger partial charge >= 0.3 is 0 Å². The molecule has 82 valence electrons. The number of hydrogen-bond acceptors (Lipinski definition) is 2. The number of pyridine rings is 1. The lowest BCUT2D eigenvalue weighted by atomic mass is 10.2. The number of aromatic nitrogens is 1. The molecular weight excluding hydrogens is 188 g/mol. The molecule has 1 aromatic rings. The van der Waals surface area contributed by atoms with E-state index in [0.29, 0.717) is 11.5 Å². The zero-order chi connectivity index (χ0) is 10.9. The third-order valence-corrected chi connectivity index (χ3v) is 3.16. The van der Waals surface area contributed by atoms with E-state index >= 15 is 0 Å². The van der Waals surface area contributed by atoms with Gasteiger partial charge in [0.1, 0.15) is 0 Å².